The van der Waals surface area contributed by atoms with Gasteiger partial charge in [0.15, 0.2) is 16.6 Å². The predicted octanol–water partition coefficient (Wildman–Crippen LogP) is 5.39. The van der Waals surface area contributed by atoms with Gasteiger partial charge in [-0.25, -0.2) is 4.98 Å². The van der Waals surface area contributed by atoms with E-state index < -0.39 is 0 Å². The fraction of sp³-hybridized carbons (Fsp3) is 0.304. The Morgan fingerprint density at radius 2 is 1.81 bits per heavy atom. The van der Waals surface area contributed by atoms with E-state index >= 15 is 0 Å². The normalized spacial score (nSPS) is 11.1. The van der Waals surface area contributed by atoms with Crippen molar-refractivity contribution >= 4 is 62.7 Å². The Bertz CT molecular complexity index is 1040. The van der Waals surface area contributed by atoms with Gasteiger partial charge in [0, 0.05) is 29.8 Å². The molecule has 172 valence electrons. The number of benzene rings is 2. The Labute approximate surface area is 203 Å². The lowest BCUT2D eigenvalue weighted by Gasteiger charge is -2.19. The van der Waals surface area contributed by atoms with E-state index in [0.29, 0.717) is 28.2 Å². The molecule has 1 amide bonds. The van der Waals surface area contributed by atoms with Crippen LogP contribution in [0.1, 0.15) is 12.0 Å². The van der Waals surface area contributed by atoms with Crippen LogP contribution in [0.2, 0.25) is 5.02 Å². The van der Waals surface area contributed by atoms with E-state index in [1.165, 1.54) is 11.3 Å². The van der Waals surface area contributed by atoms with Crippen LogP contribution in [0.5, 0.6) is 11.5 Å². The molecular formula is C23H27Cl2N3O3S. The molecule has 9 heteroatoms. The van der Waals surface area contributed by atoms with Crippen LogP contribution in [0, 0.1) is 0 Å². The molecule has 0 aliphatic heterocycles. The Balaban J connectivity index is 0.00000363. The summed E-state index contributed by atoms with van der Waals surface area (Å²) in [7, 11) is 7.22. The van der Waals surface area contributed by atoms with Gasteiger partial charge in [-0.2, -0.15) is 0 Å². The monoisotopic (exact) mass is 495 g/mol. The number of amides is 1. The lowest BCUT2D eigenvalue weighted by molar-refractivity contribution is -0.114. The summed E-state index contributed by atoms with van der Waals surface area (Å²) in [6.45, 7) is 1.42. The molecule has 0 atom stereocenters. The molecule has 0 radical (unpaired) electrons. The smallest absolute Gasteiger partial charge is 0.252 e. The number of ether oxygens (including phenoxy) is 2. The molecule has 6 nitrogen and oxygen atoms in total. The van der Waals surface area contributed by atoms with Crippen LogP contribution in [0.25, 0.3) is 16.3 Å². The van der Waals surface area contributed by atoms with E-state index in [4.69, 9.17) is 26.1 Å². The topological polar surface area (TPSA) is 54.9 Å². The molecule has 0 bridgehead atoms. The van der Waals surface area contributed by atoms with Gasteiger partial charge in [-0.3, -0.25) is 9.69 Å². The minimum Gasteiger partial charge on any atom is -0.493 e. The zero-order valence-electron chi connectivity index (χ0n) is 18.5. The predicted molar refractivity (Wildman–Crippen MR) is 136 cm³/mol. The van der Waals surface area contributed by atoms with Crippen molar-refractivity contribution in [3.05, 3.63) is 53.1 Å². The van der Waals surface area contributed by atoms with Gasteiger partial charge in [-0.15, -0.1) is 12.4 Å². The van der Waals surface area contributed by atoms with E-state index in [0.717, 1.165) is 28.7 Å². The first-order valence-electron chi connectivity index (χ1n) is 9.84. The highest BCUT2D eigenvalue weighted by Gasteiger charge is 2.19. The second-order valence-electron chi connectivity index (χ2n) is 7.17. The first-order chi connectivity index (χ1) is 14.9. The van der Waals surface area contributed by atoms with Gasteiger partial charge in [0.05, 0.1) is 24.4 Å². The number of aromatic nitrogens is 1. The third-order valence-electron chi connectivity index (χ3n) is 4.68. The second-order valence-corrected chi connectivity index (χ2v) is 8.59. The van der Waals surface area contributed by atoms with E-state index in [1.807, 2.05) is 44.4 Å². The summed E-state index contributed by atoms with van der Waals surface area (Å²) in [5, 5.41) is 1.24. The average molecular weight is 496 g/mol. The molecule has 0 aliphatic rings. The maximum absolute atomic E-state index is 13.1. The Kier molecular flexibility index (Phi) is 9.78. The van der Waals surface area contributed by atoms with Gasteiger partial charge in [-0.1, -0.05) is 41.1 Å². The van der Waals surface area contributed by atoms with Crippen molar-refractivity contribution in [3.63, 3.8) is 0 Å². The number of methoxy groups -OCH3 is 2. The van der Waals surface area contributed by atoms with Crippen LogP contribution in [0.4, 0.5) is 5.13 Å². The second kappa shape index (κ2) is 12.1. The van der Waals surface area contributed by atoms with Crippen molar-refractivity contribution in [2.75, 3.05) is 46.3 Å². The molecule has 2 aromatic carbocycles. The molecule has 32 heavy (non-hydrogen) atoms. The van der Waals surface area contributed by atoms with Crippen LogP contribution in [-0.2, 0) is 4.79 Å². The summed E-state index contributed by atoms with van der Waals surface area (Å²) in [5.41, 5.74) is 1.56. The molecule has 0 unspecified atom stereocenters. The first-order valence-corrected chi connectivity index (χ1v) is 11.0. The Hall–Kier alpha value is -2.32. The quantitative estimate of drug-likeness (QED) is 0.372. The lowest BCUT2D eigenvalue weighted by Crippen LogP contribution is -2.32. The SMILES string of the molecule is COc1cc2nc(N(CCCN(C)C)C(=O)C=Cc3ccccc3Cl)sc2cc1OC.Cl. The molecule has 0 N–H and O–H groups in total. The maximum Gasteiger partial charge on any atom is 0.252 e. The highest BCUT2D eigenvalue weighted by Crippen LogP contribution is 2.37. The number of halogens is 2. The Morgan fingerprint density at radius 1 is 1.12 bits per heavy atom. The minimum atomic E-state index is -0.142. The van der Waals surface area contributed by atoms with Crippen molar-refractivity contribution in [1.82, 2.24) is 9.88 Å². The number of fused-ring (bicyclic) bond motifs is 1. The summed E-state index contributed by atoms with van der Waals surface area (Å²) in [6.07, 6.45) is 4.11. The van der Waals surface area contributed by atoms with Crippen LogP contribution in [0.3, 0.4) is 0 Å². The molecule has 0 fully saturated rings. The maximum atomic E-state index is 13.1. The Morgan fingerprint density at radius 3 is 2.47 bits per heavy atom. The number of hydrogen-bond acceptors (Lipinski definition) is 6. The molecule has 0 spiro atoms. The van der Waals surface area contributed by atoms with E-state index in [2.05, 4.69) is 4.90 Å². The van der Waals surface area contributed by atoms with E-state index in [9.17, 15) is 4.79 Å². The average Bonchev–Trinajstić information content (AvgIpc) is 3.17. The number of carbonyl (C=O) groups excluding carboxylic acids is 1. The molecule has 3 rings (SSSR count). The zero-order valence-corrected chi connectivity index (χ0v) is 20.9. The number of carbonyl (C=O) groups is 1. The summed E-state index contributed by atoms with van der Waals surface area (Å²) in [5.74, 6) is 1.10. The fourth-order valence-electron chi connectivity index (χ4n) is 3.06. The van der Waals surface area contributed by atoms with Crippen LogP contribution < -0.4 is 14.4 Å². The highest BCUT2D eigenvalue weighted by molar-refractivity contribution is 7.22. The molecule has 0 saturated heterocycles. The van der Waals surface area contributed by atoms with Crippen molar-refractivity contribution in [2.45, 2.75) is 6.42 Å². The largest absolute Gasteiger partial charge is 0.493 e. The van der Waals surface area contributed by atoms with Crippen LogP contribution >= 0.6 is 35.3 Å². The van der Waals surface area contributed by atoms with E-state index in [-0.39, 0.29) is 18.3 Å². The number of nitrogens with zero attached hydrogens (tertiary/aromatic N) is 3. The third-order valence-corrected chi connectivity index (χ3v) is 6.06. The standard InChI is InChI=1S/C23H26ClN3O3S.ClH/c1-26(2)12-7-13-27(22(28)11-10-16-8-5-6-9-17(16)24)23-25-18-14-19(29-3)20(30-4)15-21(18)31-23;/h5-6,8-11,14-15H,7,12-13H2,1-4H3;1H. The third kappa shape index (κ3) is 6.36. The number of rotatable bonds is 9. The van der Waals surface area contributed by atoms with Gasteiger partial charge < -0.3 is 14.4 Å². The molecule has 0 saturated carbocycles. The fourth-order valence-corrected chi connectivity index (χ4v) is 4.27. The molecule has 3 aromatic rings. The summed E-state index contributed by atoms with van der Waals surface area (Å²) in [4.78, 5) is 21.6. The number of thiazole rings is 1. The van der Waals surface area contributed by atoms with Gasteiger partial charge in [-0.05, 0) is 44.8 Å². The summed E-state index contributed by atoms with van der Waals surface area (Å²) in [6, 6.07) is 11.1. The van der Waals surface area contributed by atoms with Crippen LogP contribution in [0.15, 0.2) is 42.5 Å². The molecule has 1 heterocycles. The van der Waals surface area contributed by atoms with Gasteiger partial charge in [0.25, 0.3) is 5.91 Å². The number of anilines is 1. The highest BCUT2D eigenvalue weighted by atomic mass is 35.5. The lowest BCUT2D eigenvalue weighted by atomic mass is 10.2. The molecule has 0 aliphatic carbocycles. The van der Waals surface area contributed by atoms with Gasteiger partial charge in [0.1, 0.15) is 0 Å². The van der Waals surface area contributed by atoms with E-state index in [1.54, 1.807) is 37.3 Å². The van der Waals surface area contributed by atoms with Gasteiger partial charge >= 0.3 is 0 Å². The van der Waals surface area contributed by atoms with Crippen molar-refractivity contribution < 1.29 is 14.3 Å². The van der Waals surface area contributed by atoms with Crippen molar-refractivity contribution in [3.8, 4) is 11.5 Å². The van der Waals surface area contributed by atoms with Crippen LogP contribution in [-0.4, -0.2) is 57.2 Å². The minimum absolute atomic E-state index is 0. The number of hydrogen-bond donors (Lipinski definition) is 0. The molecular weight excluding hydrogens is 469 g/mol. The molecule has 1 aromatic heterocycles. The van der Waals surface area contributed by atoms with Crippen molar-refractivity contribution in [1.29, 1.82) is 0 Å². The zero-order chi connectivity index (χ0) is 22.4. The summed E-state index contributed by atoms with van der Waals surface area (Å²) >= 11 is 7.67. The van der Waals surface area contributed by atoms with Crippen molar-refractivity contribution in [2.24, 2.45) is 0 Å². The first kappa shape index (κ1) is 25.9. The summed E-state index contributed by atoms with van der Waals surface area (Å²) < 4.78 is 11.7. The van der Waals surface area contributed by atoms with Gasteiger partial charge in [0.2, 0.25) is 0 Å².